The number of nitrogens with zero attached hydrogens (tertiary/aromatic N) is 1. The fourth-order valence-corrected chi connectivity index (χ4v) is 3.23. The summed E-state index contributed by atoms with van der Waals surface area (Å²) in [6.45, 7) is 1.64. The molecule has 0 aliphatic heterocycles. The van der Waals surface area contributed by atoms with Crippen molar-refractivity contribution in [3.8, 4) is 17.6 Å². The average Bonchev–Trinajstić information content (AvgIpc) is 2.79. The van der Waals surface area contributed by atoms with Gasteiger partial charge in [-0.15, -0.1) is 0 Å². The van der Waals surface area contributed by atoms with Crippen molar-refractivity contribution in [2.24, 2.45) is 0 Å². The number of amides is 2. The van der Waals surface area contributed by atoms with Gasteiger partial charge >= 0.3 is 0 Å². The highest BCUT2D eigenvalue weighted by Crippen LogP contribution is 2.26. The number of phenols is 1. The van der Waals surface area contributed by atoms with Crippen LogP contribution < -0.4 is 15.4 Å². The van der Waals surface area contributed by atoms with Crippen LogP contribution in [0.25, 0.3) is 6.08 Å². The van der Waals surface area contributed by atoms with Gasteiger partial charge in [0.05, 0.1) is 0 Å². The second-order valence-electron chi connectivity index (χ2n) is 7.00. The molecule has 166 valence electrons. The number of rotatable bonds is 7. The molecule has 0 bridgehead atoms. The summed E-state index contributed by atoms with van der Waals surface area (Å²) in [5.41, 5.74) is 2.34. The van der Waals surface area contributed by atoms with E-state index in [1.54, 1.807) is 24.3 Å². The first kappa shape index (κ1) is 23.6. The molecule has 0 saturated carbocycles. The molecule has 0 atom stereocenters. The van der Waals surface area contributed by atoms with Crippen molar-refractivity contribution in [1.82, 2.24) is 0 Å². The van der Waals surface area contributed by atoms with Gasteiger partial charge in [0.15, 0.2) is 6.61 Å². The number of carbonyl (C=O) groups excluding carboxylic acids is 2. The van der Waals surface area contributed by atoms with Crippen molar-refractivity contribution in [3.63, 3.8) is 0 Å². The van der Waals surface area contributed by atoms with E-state index in [2.05, 4.69) is 26.6 Å². The highest BCUT2D eigenvalue weighted by atomic mass is 79.9. The van der Waals surface area contributed by atoms with Gasteiger partial charge in [0.25, 0.3) is 11.8 Å². The monoisotopic (exact) mass is 505 g/mol. The van der Waals surface area contributed by atoms with Crippen molar-refractivity contribution in [3.05, 3.63) is 87.9 Å². The maximum atomic E-state index is 12.5. The lowest BCUT2D eigenvalue weighted by Crippen LogP contribution is -2.21. The third-order valence-electron chi connectivity index (χ3n) is 4.54. The molecule has 3 rings (SSSR count). The maximum absolute atomic E-state index is 12.5. The largest absolute Gasteiger partial charge is 0.508 e. The first-order valence-electron chi connectivity index (χ1n) is 9.85. The molecule has 0 heterocycles. The number of para-hydroxylation sites is 1. The molecule has 33 heavy (non-hydrogen) atoms. The van der Waals surface area contributed by atoms with Crippen molar-refractivity contribution >= 4 is 45.2 Å². The Kier molecular flexibility index (Phi) is 7.84. The van der Waals surface area contributed by atoms with Gasteiger partial charge < -0.3 is 20.5 Å². The number of carbonyl (C=O) groups is 2. The molecule has 0 aromatic heterocycles. The van der Waals surface area contributed by atoms with E-state index in [0.717, 1.165) is 5.56 Å². The zero-order chi connectivity index (χ0) is 23.8. The van der Waals surface area contributed by atoms with Gasteiger partial charge in [0.1, 0.15) is 23.1 Å². The van der Waals surface area contributed by atoms with Crippen LogP contribution in [-0.2, 0) is 9.59 Å². The summed E-state index contributed by atoms with van der Waals surface area (Å²) in [6.07, 6.45) is 1.38. The van der Waals surface area contributed by atoms with Gasteiger partial charge in [-0.1, -0.05) is 34.1 Å². The fourth-order valence-electron chi connectivity index (χ4n) is 2.85. The van der Waals surface area contributed by atoms with Gasteiger partial charge in [0, 0.05) is 21.4 Å². The van der Waals surface area contributed by atoms with Crippen LogP contribution in [0, 0.1) is 18.3 Å². The van der Waals surface area contributed by atoms with E-state index in [0.29, 0.717) is 27.2 Å². The van der Waals surface area contributed by atoms with Gasteiger partial charge in [-0.2, -0.15) is 5.26 Å². The van der Waals surface area contributed by atoms with Crippen LogP contribution in [0.5, 0.6) is 11.5 Å². The van der Waals surface area contributed by atoms with E-state index in [4.69, 9.17) is 4.74 Å². The van der Waals surface area contributed by atoms with E-state index in [-0.39, 0.29) is 23.8 Å². The Bertz CT molecular complexity index is 1250. The molecular weight excluding hydrogens is 486 g/mol. The van der Waals surface area contributed by atoms with Crippen LogP contribution >= 0.6 is 15.9 Å². The molecule has 0 aliphatic carbocycles. The third-order valence-corrected chi connectivity index (χ3v) is 5.03. The lowest BCUT2D eigenvalue weighted by molar-refractivity contribution is -0.118. The molecule has 7 nitrogen and oxygen atoms in total. The second kappa shape index (κ2) is 11.0. The molecule has 3 aromatic rings. The minimum atomic E-state index is -0.619. The topological polar surface area (TPSA) is 111 Å². The Morgan fingerprint density at radius 3 is 2.52 bits per heavy atom. The maximum Gasteiger partial charge on any atom is 0.266 e. The van der Waals surface area contributed by atoms with Crippen LogP contribution in [0.3, 0.4) is 0 Å². The Morgan fingerprint density at radius 2 is 1.82 bits per heavy atom. The summed E-state index contributed by atoms with van der Waals surface area (Å²) >= 11 is 3.37. The first-order valence-corrected chi connectivity index (χ1v) is 10.6. The molecule has 0 aliphatic rings. The fraction of sp³-hybridized carbons (Fsp3) is 0.0800. The van der Waals surface area contributed by atoms with E-state index in [9.17, 15) is 20.0 Å². The van der Waals surface area contributed by atoms with Crippen LogP contribution in [-0.4, -0.2) is 23.5 Å². The summed E-state index contributed by atoms with van der Waals surface area (Å²) in [6, 6.07) is 20.2. The highest BCUT2D eigenvalue weighted by Gasteiger charge is 2.13. The zero-order valence-electron chi connectivity index (χ0n) is 17.6. The standard InChI is InChI=1S/C25H20BrN3O4/c1-16-4-2-3-5-22(16)29-24(31)15-33-23-11-6-19(26)13-17(23)12-18(14-27)25(32)28-20-7-9-21(30)10-8-20/h2-13,30H,15H2,1H3,(H,28,32)(H,29,31)/b18-12+. The molecular formula is C25H20BrN3O4. The number of halogens is 1. The molecule has 2 amide bonds. The summed E-state index contributed by atoms with van der Waals surface area (Å²) < 4.78 is 6.39. The predicted octanol–water partition coefficient (Wildman–Crippen LogP) is 5.03. The van der Waals surface area contributed by atoms with Crippen molar-refractivity contribution in [2.45, 2.75) is 6.92 Å². The molecule has 0 unspecified atom stereocenters. The second-order valence-corrected chi connectivity index (χ2v) is 7.92. The SMILES string of the molecule is Cc1ccccc1NC(=O)COc1ccc(Br)cc1/C=C(\C#N)C(=O)Nc1ccc(O)cc1. The lowest BCUT2D eigenvalue weighted by Gasteiger charge is -2.12. The molecule has 8 heteroatoms. The van der Waals surface area contributed by atoms with Gasteiger partial charge in [0.2, 0.25) is 0 Å². The Hall–Kier alpha value is -4.09. The lowest BCUT2D eigenvalue weighted by atomic mass is 10.1. The third kappa shape index (κ3) is 6.69. The highest BCUT2D eigenvalue weighted by molar-refractivity contribution is 9.10. The first-order chi connectivity index (χ1) is 15.9. The van der Waals surface area contributed by atoms with E-state index < -0.39 is 5.91 Å². The number of ether oxygens (including phenoxy) is 1. The minimum absolute atomic E-state index is 0.0615. The Morgan fingerprint density at radius 1 is 1.09 bits per heavy atom. The van der Waals surface area contributed by atoms with Crippen LogP contribution in [0.15, 0.2) is 76.8 Å². The average molecular weight is 506 g/mol. The normalized spacial score (nSPS) is 10.8. The van der Waals surface area contributed by atoms with Crippen molar-refractivity contribution < 1.29 is 19.4 Å². The molecule has 0 spiro atoms. The summed E-state index contributed by atoms with van der Waals surface area (Å²) in [4.78, 5) is 24.9. The van der Waals surface area contributed by atoms with Gasteiger partial charge in [-0.25, -0.2) is 0 Å². The predicted molar refractivity (Wildman–Crippen MR) is 130 cm³/mol. The van der Waals surface area contributed by atoms with Crippen molar-refractivity contribution in [2.75, 3.05) is 17.2 Å². The number of benzene rings is 3. The summed E-state index contributed by atoms with van der Waals surface area (Å²) in [7, 11) is 0. The number of aromatic hydroxyl groups is 1. The molecule has 0 fully saturated rings. The number of hydrogen-bond donors (Lipinski definition) is 3. The molecule has 3 aromatic carbocycles. The van der Waals surface area contributed by atoms with Crippen molar-refractivity contribution in [1.29, 1.82) is 5.26 Å². The Labute approximate surface area is 199 Å². The number of nitriles is 1. The van der Waals surface area contributed by atoms with E-state index in [1.165, 1.54) is 30.3 Å². The van der Waals surface area contributed by atoms with Gasteiger partial charge in [-0.3, -0.25) is 9.59 Å². The number of nitrogens with one attached hydrogen (secondary N) is 2. The number of phenolic OH excluding ortho intramolecular Hbond substituents is 1. The molecule has 3 N–H and O–H groups in total. The van der Waals surface area contributed by atoms with E-state index >= 15 is 0 Å². The molecule has 0 saturated heterocycles. The van der Waals surface area contributed by atoms with Crippen LogP contribution in [0.4, 0.5) is 11.4 Å². The molecule has 0 radical (unpaired) electrons. The summed E-state index contributed by atoms with van der Waals surface area (Å²) in [5, 5.41) is 24.3. The zero-order valence-corrected chi connectivity index (χ0v) is 19.2. The van der Waals surface area contributed by atoms with Gasteiger partial charge in [-0.05, 0) is 67.1 Å². The smallest absolute Gasteiger partial charge is 0.266 e. The number of hydrogen-bond acceptors (Lipinski definition) is 5. The quantitative estimate of drug-likeness (QED) is 0.237. The minimum Gasteiger partial charge on any atom is -0.508 e. The summed E-state index contributed by atoms with van der Waals surface area (Å²) in [5.74, 6) is -0.561. The number of aryl methyl sites for hydroxylation is 1. The number of anilines is 2. The van der Waals surface area contributed by atoms with Crippen LogP contribution in [0.2, 0.25) is 0 Å². The van der Waals surface area contributed by atoms with E-state index in [1.807, 2.05) is 31.2 Å². The van der Waals surface area contributed by atoms with Crippen LogP contribution in [0.1, 0.15) is 11.1 Å². The Balaban J connectivity index is 1.75.